The first-order valence-corrected chi connectivity index (χ1v) is 11.5. The van der Waals surface area contributed by atoms with Crippen LogP contribution in [0.15, 0.2) is 35.3 Å². The van der Waals surface area contributed by atoms with Gasteiger partial charge in [-0.25, -0.2) is 9.78 Å². The topological polar surface area (TPSA) is 89.5 Å². The predicted octanol–water partition coefficient (Wildman–Crippen LogP) is 3.92. The van der Waals surface area contributed by atoms with Crippen LogP contribution in [0.25, 0.3) is 11.2 Å². The average Bonchev–Trinajstić information content (AvgIpc) is 3.41. The number of aromatic amines is 1. The molecule has 2 aliphatic rings. The fourth-order valence-corrected chi connectivity index (χ4v) is 5.01. The number of amides is 1. The molecule has 2 aliphatic heterocycles. The maximum atomic E-state index is 14.3. The van der Waals surface area contributed by atoms with Crippen LogP contribution in [0.2, 0.25) is 0 Å². The largest absolute Gasteiger partial charge is 0.454 e. The van der Waals surface area contributed by atoms with Gasteiger partial charge in [-0.15, -0.1) is 0 Å². The molecule has 0 bridgehead atoms. The third-order valence-electron chi connectivity index (χ3n) is 6.58. The molecule has 3 aromatic rings. The fourth-order valence-electron chi connectivity index (χ4n) is 5.01. The van der Waals surface area contributed by atoms with Crippen LogP contribution in [0.3, 0.4) is 0 Å². The first-order chi connectivity index (χ1) is 16.6. The van der Waals surface area contributed by atoms with E-state index < -0.39 is 36.2 Å². The second-order valence-electron chi connectivity index (χ2n) is 9.39. The minimum absolute atomic E-state index is 0.0377. The standard InChI is InChI=1S/C24H25F3N4O4/c1-13(2)10-31-20-16(5-7-28-21(20)29-23(31)33)15-6-8-30(11-17(15)24(25,26)27)22(32)14-3-4-18-19(9-14)35-12-34-18/h3-5,7,9,13,15,17H,6,8,10-12H2,1-2H3,(H,28,29,33). The van der Waals surface area contributed by atoms with E-state index in [1.54, 1.807) is 12.1 Å². The van der Waals surface area contributed by atoms with Crippen molar-refractivity contribution in [2.45, 2.75) is 38.9 Å². The molecule has 2 aromatic heterocycles. The highest BCUT2D eigenvalue weighted by Gasteiger charge is 2.49. The van der Waals surface area contributed by atoms with E-state index in [1.807, 2.05) is 13.8 Å². The molecule has 186 valence electrons. The first kappa shape index (κ1) is 23.3. The number of H-pyrrole nitrogens is 1. The Morgan fingerprint density at radius 2 is 2.00 bits per heavy atom. The van der Waals surface area contributed by atoms with Gasteiger partial charge in [0.2, 0.25) is 6.79 Å². The number of hydrogen-bond acceptors (Lipinski definition) is 5. The summed E-state index contributed by atoms with van der Waals surface area (Å²) in [4.78, 5) is 33.7. The highest BCUT2D eigenvalue weighted by Crippen LogP contribution is 2.44. The quantitative estimate of drug-likeness (QED) is 0.599. The third kappa shape index (κ3) is 4.23. The monoisotopic (exact) mass is 490 g/mol. The van der Waals surface area contributed by atoms with Gasteiger partial charge in [-0.05, 0) is 42.2 Å². The van der Waals surface area contributed by atoms with Gasteiger partial charge >= 0.3 is 11.9 Å². The number of halogens is 3. The van der Waals surface area contributed by atoms with Gasteiger partial charge in [0.05, 0.1) is 11.4 Å². The SMILES string of the molecule is CC(C)Cn1c(=O)[nH]c2nccc(C3CCN(C(=O)c4ccc5c(c4)OCO5)CC3C(F)(F)F)c21. The summed E-state index contributed by atoms with van der Waals surface area (Å²) < 4.78 is 55.1. The Balaban J connectivity index is 1.49. The van der Waals surface area contributed by atoms with Gasteiger partial charge in [0.15, 0.2) is 17.1 Å². The highest BCUT2D eigenvalue weighted by atomic mass is 19.4. The van der Waals surface area contributed by atoms with Crippen molar-refractivity contribution in [2.75, 3.05) is 19.9 Å². The van der Waals surface area contributed by atoms with Crippen molar-refractivity contribution < 1.29 is 27.4 Å². The molecule has 1 aromatic carbocycles. The summed E-state index contributed by atoms with van der Waals surface area (Å²) in [6, 6.07) is 6.17. The Bertz CT molecular complexity index is 1330. The zero-order valence-electron chi connectivity index (χ0n) is 19.3. The summed E-state index contributed by atoms with van der Waals surface area (Å²) in [5, 5.41) is 0. The fraction of sp³-hybridized carbons (Fsp3) is 0.458. The Morgan fingerprint density at radius 1 is 1.23 bits per heavy atom. The van der Waals surface area contributed by atoms with E-state index in [1.165, 1.54) is 27.8 Å². The second kappa shape index (κ2) is 8.62. The number of hydrogen-bond donors (Lipinski definition) is 1. The number of likely N-dealkylation sites (tertiary alicyclic amines) is 1. The summed E-state index contributed by atoms with van der Waals surface area (Å²) in [5.74, 6) is -2.21. The Labute approximate surface area is 198 Å². The molecule has 5 rings (SSSR count). The molecular weight excluding hydrogens is 465 g/mol. The number of aromatic nitrogens is 3. The van der Waals surface area contributed by atoms with E-state index in [-0.39, 0.29) is 36.9 Å². The molecule has 4 heterocycles. The smallest absolute Gasteiger partial charge is 0.394 e. The van der Waals surface area contributed by atoms with E-state index in [2.05, 4.69) is 9.97 Å². The Morgan fingerprint density at radius 3 is 2.74 bits per heavy atom. The van der Waals surface area contributed by atoms with Crippen molar-refractivity contribution in [3.63, 3.8) is 0 Å². The summed E-state index contributed by atoms with van der Waals surface area (Å²) in [6.45, 7) is 3.92. The number of carbonyl (C=O) groups is 1. The van der Waals surface area contributed by atoms with E-state index in [0.717, 1.165) is 0 Å². The number of pyridine rings is 1. The van der Waals surface area contributed by atoms with Gasteiger partial charge in [-0.1, -0.05) is 13.8 Å². The van der Waals surface area contributed by atoms with Crippen LogP contribution in [0, 0.1) is 11.8 Å². The van der Waals surface area contributed by atoms with E-state index in [0.29, 0.717) is 29.1 Å². The number of rotatable bonds is 4. The summed E-state index contributed by atoms with van der Waals surface area (Å²) in [7, 11) is 0. The number of piperidine rings is 1. The highest BCUT2D eigenvalue weighted by molar-refractivity contribution is 5.95. The molecule has 2 atom stereocenters. The number of imidazole rings is 1. The number of carbonyl (C=O) groups excluding carboxylic acids is 1. The molecule has 35 heavy (non-hydrogen) atoms. The molecule has 1 fully saturated rings. The molecule has 1 N–H and O–H groups in total. The van der Waals surface area contributed by atoms with Crippen LogP contribution in [-0.4, -0.2) is 51.4 Å². The lowest BCUT2D eigenvalue weighted by atomic mass is 9.79. The Hall–Kier alpha value is -3.50. The minimum atomic E-state index is -4.55. The maximum Gasteiger partial charge on any atom is 0.394 e. The zero-order chi connectivity index (χ0) is 24.9. The summed E-state index contributed by atoms with van der Waals surface area (Å²) in [5.41, 5.74) is 0.949. The van der Waals surface area contributed by atoms with Gasteiger partial charge in [0.1, 0.15) is 0 Å². The van der Waals surface area contributed by atoms with E-state index >= 15 is 0 Å². The first-order valence-electron chi connectivity index (χ1n) is 11.5. The number of nitrogens with one attached hydrogen (secondary N) is 1. The molecule has 1 amide bonds. The maximum absolute atomic E-state index is 14.3. The van der Waals surface area contributed by atoms with Crippen LogP contribution in [-0.2, 0) is 6.54 Å². The molecule has 8 nitrogen and oxygen atoms in total. The van der Waals surface area contributed by atoms with Gasteiger partial charge < -0.3 is 14.4 Å². The molecule has 2 unspecified atom stereocenters. The molecule has 0 aliphatic carbocycles. The summed E-state index contributed by atoms with van der Waals surface area (Å²) >= 11 is 0. The zero-order valence-corrected chi connectivity index (χ0v) is 19.3. The lowest BCUT2D eigenvalue weighted by Crippen LogP contribution is -2.48. The molecular formula is C24H25F3N4O4. The lowest BCUT2D eigenvalue weighted by Gasteiger charge is -2.40. The van der Waals surface area contributed by atoms with E-state index in [9.17, 15) is 22.8 Å². The van der Waals surface area contributed by atoms with Crippen molar-refractivity contribution >= 4 is 17.1 Å². The van der Waals surface area contributed by atoms with Crippen LogP contribution < -0.4 is 15.2 Å². The van der Waals surface area contributed by atoms with Crippen molar-refractivity contribution in [2.24, 2.45) is 11.8 Å². The molecule has 11 heteroatoms. The molecule has 0 spiro atoms. The molecule has 0 radical (unpaired) electrons. The summed E-state index contributed by atoms with van der Waals surface area (Å²) in [6.07, 6.45) is -3.03. The van der Waals surface area contributed by atoms with Gasteiger partial charge in [-0.3, -0.25) is 14.3 Å². The van der Waals surface area contributed by atoms with Gasteiger partial charge in [0, 0.05) is 37.3 Å². The van der Waals surface area contributed by atoms with Crippen LogP contribution >= 0.6 is 0 Å². The van der Waals surface area contributed by atoms with Gasteiger partial charge in [-0.2, -0.15) is 13.2 Å². The normalized spacial score (nSPS) is 20.1. The lowest BCUT2D eigenvalue weighted by molar-refractivity contribution is -0.189. The van der Waals surface area contributed by atoms with Crippen LogP contribution in [0.1, 0.15) is 42.1 Å². The van der Waals surface area contributed by atoms with Crippen LogP contribution in [0.5, 0.6) is 11.5 Å². The number of ether oxygens (including phenoxy) is 2. The van der Waals surface area contributed by atoms with Crippen molar-refractivity contribution in [1.82, 2.24) is 19.4 Å². The van der Waals surface area contributed by atoms with Gasteiger partial charge in [0.25, 0.3) is 5.91 Å². The number of alkyl halides is 3. The number of benzene rings is 1. The molecule has 1 saturated heterocycles. The minimum Gasteiger partial charge on any atom is -0.454 e. The molecule has 0 saturated carbocycles. The average molecular weight is 490 g/mol. The second-order valence-corrected chi connectivity index (χ2v) is 9.39. The van der Waals surface area contributed by atoms with Crippen molar-refractivity contribution in [3.8, 4) is 11.5 Å². The van der Waals surface area contributed by atoms with E-state index in [4.69, 9.17) is 9.47 Å². The number of nitrogens with zero attached hydrogens (tertiary/aromatic N) is 3. The van der Waals surface area contributed by atoms with Crippen LogP contribution in [0.4, 0.5) is 13.2 Å². The predicted molar refractivity (Wildman–Crippen MR) is 121 cm³/mol. The Kier molecular flexibility index (Phi) is 5.72. The third-order valence-corrected chi connectivity index (χ3v) is 6.58. The van der Waals surface area contributed by atoms with Crippen molar-refractivity contribution in [3.05, 3.63) is 52.1 Å². The van der Waals surface area contributed by atoms with Crippen molar-refractivity contribution in [1.29, 1.82) is 0 Å². The number of fused-ring (bicyclic) bond motifs is 2.